The summed E-state index contributed by atoms with van der Waals surface area (Å²) in [6.45, 7) is 4.02. The van der Waals surface area contributed by atoms with Crippen molar-refractivity contribution in [1.29, 1.82) is 0 Å². The zero-order valence-corrected chi connectivity index (χ0v) is 12.3. The van der Waals surface area contributed by atoms with Gasteiger partial charge in [0.05, 0.1) is 11.3 Å². The largest absolute Gasteiger partial charge is 0.475 e. The van der Waals surface area contributed by atoms with E-state index in [4.69, 9.17) is 9.52 Å². The van der Waals surface area contributed by atoms with Gasteiger partial charge in [0, 0.05) is 4.47 Å². The molecular weight excluding hydrogens is 310 g/mol. The Hall–Kier alpha value is -1.62. The fraction of sp³-hybridized carbons (Fsp3) is 0.286. The molecule has 1 aromatic heterocycles. The van der Waals surface area contributed by atoms with Gasteiger partial charge < -0.3 is 9.52 Å². The number of carbonyl (C=O) groups is 1. The fourth-order valence-electron chi connectivity index (χ4n) is 1.79. The minimum Gasteiger partial charge on any atom is -0.475 e. The Labute approximate surface area is 119 Å². The van der Waals surface area contributed by atoms with E-state index in [1.807, 2.05) is 38.1 Å². The second-order valence-corrected chi connectivity index (χ2v) is 5.53. The predicted molar refractivity (Wildman–Crippen MR) is 75.1 cm³/mol. The number of nitrogens with zero attached hydrogens (tertiary/aromatic N) is 1. The van der Waals surface area contributed by atoms with E-state index in [0.29, 0.717) is 23.9 Å². The summed E-state index contributed by atoms with van der Waals surface area (Å²) in [5.74, 6) is -0.503. The van der Waals surface area contributed by atoms with Crippen LogP contribution in [0.25, 0.3) is 11.5 Å². The summed E-state index contributed by atoms with van der Waals surface area (Å²) in [7, 11) is 0. The topological polar surface area (TPSA) is 63.3 Å². The van der Waals surface area contributed by atoms with Crippen molar-refractivity contribution in [3.63, 3.8) is 0 Å². The molecule has 1 N–H and O–H groups in total. The van der Waals surface area contributed by atoms with Crippen LogP contribution in [0.15, 0.2) is 33.2 Å². The van der Waals surface area contributed by atoms with Crippen LogP contribution < -0.4 is 0 Å². The van der Waals surface area contributed by atoms with E-state index in [9.17, 15) is 4.79 Å². The van der Waals surface area contributed by atoms with Gasteiger partial charge in [-0.25, -0.2) is 9.78 Å². The fourth-order valence-corrected chi connectivity index (χ4v) is 2.25. The third kappa shape index (κ3) is 3.04. The number of hydrogen-bond acceptors (Lipinski definition) is 3. The minimum absolute atomic E-state index is 0.0700. The summed E-state index contributed by atoms with van der Waals surface area (Å²) in [5, 5.41) is 9.16. The zero-order valence-electron chi connectivity index (χ0n) is 10.7. The minimum atomic E-state index is -1.08. The van der Waals surface area contributed by atoms with Crippen molar-refractivity contribution in [2.24, 2.45) is 5.92 Å². The van der Waals surface area contributed by atoms with Gasteiger partial charge in [0.25, 0.3) is 0 Å². The zero-order chi connectivity index (χ0) is 14.0. The van der Waals surface area contributed by atoms with Crippen LogP contribution in [0.5, 0.6) is 0 Å². The van der Waals surface area contributed by atoms with Gasteiger partial charge in [0.1, 0.15) is 0 Å². The van der Waals surface area contributed by atoms with Crippen molar-refractivity contribution in [1.82, 2.24) is 4.98 Å². The molecule has 0 spiro atoms. The third-order valence-corrected chi connectivity index (χ3v) is 3.29. The molecule has 0 amide bonds. The van der Waals surface area contributed by atoms with Gasteiger partial charge in [-0.1, -0.05) is 26.0 Å². The van der Waals surface area contributed by atoms with E-state index < -0.39 is 5.97 Å². The van der Waals surface area contributed by atoms with E-state index in [-0.39, 0.29) is 5.76 Å². The average molecular weight is 324 g/mol. The lowest BCUT2D eigenvalue weighted by atomic mass is 10.1. The van der Waals surface area contributed by atoms with Crippen LogP contribution in [0.1, 0.15) is 30.1 Å². The van der Waals surface area contributed by atoms with Gasteiger partial charge in [-0.2, -0.15) is 0 Å². The van der Waals surface area contributed by atoms with E-state index >= 15 is 0 Å². The summed E-state index contributed by atoms with van der Waals surface area (Å²) in [4.78, 5) is 15.5. The maximum atomic E-state index is 11.2. The first-order valence-corrected chi connectivity index (χ1v) is 6.76. The number of carboxylic acids is 1. The van der Waals surface area contributed by atoms with E-state index in [0.717, 1.165) is 10.0 Å². The summed E-state index contributed by atoms with van der Waals surface area (Å²) in [5.41, 5.74) is 1.24. The number of rotatable bonds is 4. The highest BCUT2D eigenvalue weighted by molar-refractivity contribution is 9.10. The van der Waals surface area contributed by atoms with Crippen LogP contribution in [0.2, 0.25) is 0 Å². The molecule has 0 unspecified atom stereocenters. The predicted octanol–water partition coefficient (Wildman–Crippen LogP) is 4.00. The number of aromatic nitrogens is 1. The van der Waals surface area contributed by atoms with Crippen LogP contribution in [0.3, 0.4) is 0 Å². The number of oxazole rings is 1. The van der Waals surface area contributed by atoms with Crippen LogP contribution >= 0.6 is 15.9 Å². The molecule has 4 nitrogen and oxygen atoms in total. The molecule has 0 bridgehead atoms. The van der Waals surface area contributed by atoms with Gasteiger partial charge >= 0.3 is 5.97 Å². The first-order valence-electron chi connectivity index (χ1n) is 5.97. The highest BCUT2D eigenvalue weighted by Crippen LogP contribution is 2.29. The molecule has 1 aromatic carbocycles. The SMILES string of the molecule is CC(C)Cc1nc(-c2ccccc2Br)oc1C(=O)O. The number of halogens is 1. The quantitative estimate of drug-likeness (QED) is 0.923. The highest BCUT2D eigenvalue weighted by atomic mass is 79.9. The van der Waals surface area contributed by atoms with E-state index in [1.165, 1.54) is 0 Å². The first-order chi connectivity index (χ1) is 8.99. The molecular formula is C14H14BrNO3. The summed E-state index contributed by atoms with van der Waals surface area (Å²) in [6, 6.07) is 7.43. The number of carboxylic acid groups (broad SMARTS) is 1. The second-order valence-electron chi connectivity index (χ2n) is 4.68. The molecule has 0 saturated heterocycles. The Balaban J connectivity index is 2.49. The van der Waals surface area contributed by atoms with Crippen molar-refractivity contribution in [2.75, 3.05) is 0 Å². The average Bonchev–Trinajstić information content (AvgIpc) is 2.72. The van der Waals surface area contributed by atoms with Gasteiger partial charge in [0.15, 0.2) is 0 Å². The Morgan fingerprint density at radius 1 is 1.42 bits per heavy atom. The van der Waals surface area contributed by atoms with Gasteiger partial charge in [-0.05, 0) is 40.4 Å². The molecule has 1 heterocycles. The van der Waals surface area contributed by atoms with Crippen LogP contribution in [-0.2, 0) is 6.42 Å². The number of benzene rings is 1. The molecule has 0 aliphatic heterocycles. The lowest BCUT2D eigenvalue weighted by molar-refractivity contribution is 0.0661. The second kappa shape index (κ2) is 5.57. The van der Waals surface area contributed by atoms with Gasteiger partial charge in [-0.15, -0.1) is 0 Å². The van der Waals surface area contributed by atoms with Crippen molar-refractivity contribution in [3.8, 4) is 11.5 Å². The third-order valence-electron chi connectivity index (χ3n) is 2.60. The molecule has 0 radical (unpaired) electrons. The van der Waals surface area contributed by atoms with Crippen molar-refractivity contribution in [2.45, 2.75) is 20.3 Å². The van der Waals surface area contributed by atoms with Crippen LogP contribution in [0.4, 0.5) is 0 Å². The van der Waals surface area contributed by atoms with Gasteiger partial charge in [0.2, 0.25) is 11.7 Å². The maximum absolute atomic E-state index is 11.2. The molecule has 100 valence electrons. The molecule has 0 saturated carbocycles. The molecule has 5 heteroatoms. The van der Waals surface area contributed by atoms with Gasteiger partial charge in [-0.3, -0.25) is 0 Å². The van der Waals surface area contributed by atoms with E-state index in [2.05, 4.69) is 20.9 Å². The Morgan fingerprint density at radius 3 is 2.68 bits per heavy atom. The molecule has 0 atom stereocenters. The summed E-state index contributed by atoms with van der Waals surface area (Å²) >= 11 is 3.41. The molecule has 2 aromatic rings. The van der Waals surface area contributed by atoms with Crippen LogP contribution in [-0.4, -0.2) is 16.1 Å². The van der Waals surface area contributed by atoms with Crippen molar-refractivity contribution >= 4 is 21.9 Å². The van der Waals surface area contributed by atoms with Crippen molar-refractivity contribution in [3.05, 3.63) is 40.2 Å². The standard InChI is InChI=1S/C14H14BrNO3/c1-8(2)7-11-12(14(17)18)19-13(16-11)9-5-3-4-6-10(9)15/h3-6,8H,7H2,1-2H3,(H,17,18). The molecule has 0 fully saturated rings. The first kappa shape index (κ1) is 13.8. The summed E-state index contributed by atoms with van der Waals surface area (Å²) in [6.07, 6.45) is 0.579. The molecule has 0 aliphatic rings. The molecule has 2 rings (SSSR count). The molecule has 19 heavy (non-hydrogen) atoms. The lowest BCUT2D eigenvalue weighted by Gasteiger charge is -2.00. The van der Waals surface area contributed by atoms with E-state index in [1.54, 1.807) is 0 Å². The summed E-state index contributed by atoms with van der Waals surface area (Å²) < 4.78 is 6.23. The Morgan fingerprint density at radius 2 is 2.11 bits per heavy atom. The van der Waals surface area contributed by atoms with Crippen molar-refractivity contribution < 1.29 is 14.3 Å². The normalized spacial score (nSPS) is 10.9. The Kier molecular flexibility index (Phi) is 4.04. The lowest BCUT2D eigenvalue weighted by Crippen LogP contribution is -2.03. The number of hydrogen-bond donors (Lipinski definition) is 1. The monoisotopic (exact) mass is 323 g/mol. The molecule has 0 aliphatic carbocycles. The number of aromatic carboxylic acids is 1. The maximum Gasteiger partial charge on any atom is 0.373 e. The highest BCUT2D eigenvalue weighted by Gasteiger charge is 2.21. The smallest absolute Gasteiger partial charge is 0.373 e. The Bertz CT molecular complexity index is 604. The van der Waals surface area contributed by atoms with Crippen LogP contribution in [0, 0.1) is 5.92 Å².